The van der Waals surface area contributed by atoms with Gasteiger partial charge in [0.05, 0.1) is 6.54 Å². The minimum absolute atomic E-state index is 0. The van der Waals surface area contributed by atoms with Crippen LogP contribution in [0.4, 0.5) is 5.69 Å². The monoisotopic (exact) mass is 513 g/mol. The first-order chi connectivity index (χ1) is 13.7. The lowest BCUT2D eigenvalue weighted by atomic mass is 9.85. The second kappa shape index (κ2) is 12.4. The van der Waals surface area contributed by atoms with Crippen molar-refractivity contribution in [2.45, 2.75) is 58.5 Å². The van der Waals surface area contributed by atoms with Gasteiger partial charge in [0, 0.05) is 30.7 Å². The van der Waals surface area contributed by atoms with Crippen LogP contribution in [0.1, 0.15) is 51.5 Å². The Morgan fingerprint density at radius 1 is 1.17 bits per heavy atom. The zero-order valence-corrected chi connectivity index (χ0v) is 20.1. The summed E-state index contributed by atoms with van der Waals surface area (Å²) in [5.74, 6) is 1.21. The van der Waals surface area contributed by atoms with E-state index in [1.807, 2.05) is 18.2 Å². The average molecular weight is 513 g/mol. The maximum absolute atomic E-state index is 12.2. The van der Waals surface area contributed by atoms with Crippen molar-refractivity contribution in [2.24, 2.45) is 10.9 Å². The number of halogens is 1. The molecule has 1 unspecified atom stereocenters. The van der Waals surface area contributed by atoms with Crippen LogP contribution in [0.5, 0.6) is 0 Å². The molecule has 1 aliphatic heterocycles. The molecule has 1 atom stereocenters. The van der Waals surface area contributed by atoms with E-state index in [2.05, 4.69) is 40.8 Å². The van der Waals surface area contributed by atoms with Gasteiger partial charge in [-0.2, -0.15) is 0 Å². The molecule has 2 aliphatic rings. The molecule has 6 nitrogen and oxygen atoms in total. The van der Waals surface area contributed by atoms with Gasteiger partial charge in [0.15, 0.2) is 5.96 Å². The summed E-state index contributed by atoms with van der Waals surface area (Å²) in [6, 6.07) is 8.62. The van der Waals surface area contributed by atoms with Crippen molar-refractivity contribution in [1.29, 1.82) is 0 Å². The number of anilines is 1. The van der Waals surface area contributed by atoms with E-state index >= 15 is 0 Å². The van der Waals surface area contributed by atoms with E-state index in [-0.39, 0.29) is 35.8 Å². The fourth-order valence-electron chi connectivity index (χ4n) is 3.93. The van der Waals surface area contributed by atoms with Crippen LogP contribution in [-0.4, -0.2) is 49.0 Å². The van der Waals surface area contributed by atoms with E-state index in [0.29, 0.717) is 12.6 Å². The number of amides is 1. The molecule has 0 radical (unpaired) electrons. The van der Waals surface area contributed by atoms with Crippen molar-refractivity contribution >= 4 is 41.5 Å². The van der Waals surface area contributed by atoms with Crippen LogP contribution in [0.2, 0.25) is 0 Å². The van der Waals surface area contributed by atoms with E-state index in [1.54, 1.807) is 0 Å². The van der Waals surface area contributed by atoms with Gasteiger partial charge in [-0.05, 0) is 63.4 Å². The molecule has 1 amide bonds. The summed E-state index contributed by atoms with van der Waals surface area (Å²) < 4.78 is 0. The zero-order chi connectivity index (χ0) is 19.8. The second-order valence-electron chi connectivity index (χ2n) is 7.82. The highest BCUT2D eigenvalue weighted by Crippen LogP contribution is 2.27. The number of aliphatic imine (C=N–C) groups is 1. The smallest absolute Gasteiger partial charge is 0.227 e. The lowest BCUT2D eigenvalue weighted by Crippen LogP contribution is -2.44. The third-order valence-electron chi connectivity index (χ3n) is 5.84. The maximum Gasteiger partial charge on any atom is 0.227 e. The van der Waals surface area contributed by atoms with Crippen LogP contribution in [0.3, 0.4) is 0 Å². The standard InChI is InChI=1S/C22H35N5O.HI/c1-3-23-22(25-16-20-12-7-13-27(20)4-2)24-15-17-8-5-11-19(14-17)26-21(28)18-9-6-10-18;/h5,8,11,14,18,20H,3-4,6-7,9-10,12-13,15-16H2,1-2H3,(H,26,28)(H2,23,24,25);1H. The predicted molar refractivity (Wildman–Crippen MR) is 131 cm³/mol. The van der Waals surface area contributed by atoms with Crippen molar-refractivity contribution < 1.29 is 4.79 Å². The summed E-state index contributed by atoms with van der Waals surface area (Å²) in [4.78, 5) is 19.4. The number of nitrogens with one attached hydrogen (secondary N) is 3. The van der Waals surface area contributed by atoms with Crippen LogP contribution in [0.25, 0.3) is 0 Å². The van der Waals surface area contributed by atoms with Gasteiger partial charge in [0.2, 0.25) is 5.91 Å². The van der Waals surface area contributed by atoms with Crippen molar-refractivity contribution in [1.82, 2.24) is 15.5 Å². The van der Waals surface area contributed by atoms with Gasteiger partial charge in [-0.1, -0.05) is 25.5 Å². The fourth-order valence-corrected chi connectivity index (χ4v) is 3.93. The number of hydrogen-bond donors (Lipinski definition) is 3. The van der Waals surface area contributed by atoms with Crippen LogP contribution < -0.4 is 16.0 Å². The Morgan fingerprint density at radius 3 is 2.69 bits per heavy atom. The Kier molecular flexibility index (Phi) is 10.2. The molecular weight excluding hydrogens is 477 g/mol. The molecule has 0 aromatic heterocycles. The quantitative estimate of drug-likeness (QED) is 0.283. The molecule has 1 saturated heterocycles. The van der Waals surface area contributed by atoms with E-state index in [4.69, 9.17) is 4.99 Å². The third-order valence-corrected chi connectivity index (χ3v) is 5.84. The Bertz CT molecular complexity index is 677. The summed E-state index contributed by atoms with van der Waals surface area (Å²) in [6.45, 7) is 8.98. The van der Waals surface area contributed by atoms with Crippen molar-refractivity contribution in [2.75, 3.05) is 31.5 Å². The number of carbonyl (C=O) groups excluding carboxylic acids is 1. The summed E-state index contributed by atoms with van der Waals surface area (Å²) in [5.41, 5.74) is 1.96. The third kappa shape index (κ3) is 7.13. The Morgan fingerprint density at radius 2 is 2.00 bits per heavy atom. The number of benzene rings is 1. The Hall–Kier alpha value is -1.35. The van der Waals surface area contributed by atoms with E-state index in [0.717, 1.165) is 49.7 Å². The molecule has 1 aliphatic carbocycles. The SMILES string of the molecule is CCNC(=NCc1cccc(NC(=O)C2CCC2)c1)NCC1CCCN1CC.I. The minimum Gasteiger partial charge on any atom is -0.357 e. The predicted octanol–water partition coefficient (Wildman–Crippen LogP) is 3.58. The van der Waals surface area contributed by atoms with E-state index in [1.165, 1.54) is 25.8 Å². The maximum atomic E-state index is 12.2. The second-order valence-corrected chi connectivity index (χ2v) is 7.82. The topological polar surface area (TPSA) is 68.8 Å². The molecule has 0 spiro atoms. The first-order valence-corrected chi connectivity index (χ1v) is 10.9. The minimum atomic E-state index is 0. The molecule has 1 aromatic carbocycles. The largest absolute Gasteiger partial charge is 0.357 e. The molecule has 162 valence electrons. The molecular formula is C22H36IN5O. The van der Waals surface area contributed by atoms with Crippen LogP contribution in [-0.2, 0) is 11.3 Å². The zero-order valence-electron chi connectivity index (χ0n) is 17.7. The van der Waals surface area contributed by atoms with Gasteiger partial charge in [-0.3, -0.25) is 9.69 Å². The van der Waals surface area contributed by atoms with E-state index < -0.39 is 0 Å². The van der Waals surface area contributed by atoms with Gasteiger partial charge in [0.25, 0.3) is 0 Å². The van der Waals surface area contributed by atoms with Crippen molar-refractivity contribution in [3.8, 4) is 0 Å². The number of likely N-dealkylation sites (N-methyl/N-ethyl adjacent to an activating group) is 1. The van der Waals surface area contributed by atoms with Crippen LogP contribution >= 0.6 is 24.0 Å². The molecule has 3 N–H and O–H groups in total. The van der Waals surface area contributed by atoms with Gasteiger partial charge in [-0.25, -0.2) is 4.99 Å². The molecule has 3 rings (SSSR count). The molecule has 7 heteroatoms. The number of nitrogens with zero attached hydrogens (tertiary/aromatic N) is 2. The molecule has 1 saturated carbocycles. The van der Waals surface area contributed by atoms with E-state index in [9.17, 15) is 4.79 Å². The van der Waals surface area contributed by atoms with Gasteiger partial charge < -0.3 is 16.0 Å². The average Bonchev–Trinajstić information content (AvgIpc) is 3.10. The first-order valence-electron chi connectivity index (χ1n) is 10.9. The highest BCUT2D eigenvalue weighted by atomic mass is 127. The Labute approximate surface area is 192 Å². The highest BCUT2D eigenvalue weighted by Gasteiger charge is 2.25. The van der Waals surface area contributed by atoms with Gasteiger partial charge in [-0.15, -0.1) is 24.0 Å². The summed E-state index contributed by atoms with van der Waals surface area (Å²) >= 11 is 0. The summed E-state index contributed by atoms with van der Waals surface area (Å²) in [5, 5.41) is 9.89. The highest BCUT2D eigenvalue weighted by molar-refractivity contribution is 14.0. The number of rotatable bonds is 8. The molecule has 2 fully saturated rings. The van der Waals surface area contributed by atoms with Gasteiger partial charge in [0.1, 0.15) is 0 Å². The molecule has 0 bridgehead atoms. The number of guanidine groups is 1. The Balaban J connectivity index is 0.00000300. The van der Waals surface area contributed by atoms with Crippen LogP contribution in [0, 0.1) is 5.92 Å². The lowest BCUT2D eigenvalue weighted by Gasteiger charge is -2.24. The lowest BCUT2D eigenvalue weighted by molar-refractivity contribution is -0.122. The number of carbonyl (C=O) groups is 1. The first kappa shape index (κ1) is 23.9. The fraction of sp³-hybridized carbons (Fsp3) is 0.636. The number of hydrogen-bond acceptors (Lipinski definition) is 3. The van der Waals surface area contributed by atoms with Crippen molar-refractivity contribution in [3.63, 3.8) is 0 Å². The van der Waals surface area contributed by atoms with Gasteiger partial charge >= 0.3 is 0 Å². The number of likely N-dealkylation sites (tertiary alicyclic amines) is 1. The molecule has 1 aromatic rings. The van der Waals surface area contributed by atoms with Crippen molar-refractivity contribution in [3.05, 3.63) is 29.8 Å². The normalized spacial score (nSPS) is 19.9. The van der Waals surface area contributed by atoms with Crippen LogP contribution in [0.15, 0.2) is 29.3 Å². The summed E-state index contributed by atoms with van der Waals surface area (Å²) in [7, 11) is 0. The molecule has 1 heterocycles. The molecule has 29 heavy (non-hydrogen) atoms. The summed E-state index contributed by atoms with van der Waals surface area (Å²) in [6.07, 6.45) is 5.74.